The number of hydrogen-bond donors (Lipinski definition) is 1. The van der Waals surface area contributed by atoms with Crippen LogP contribution in [-0.2, 0) is 4.74 Å². The van der Waals surface area contributed by atoms with E-state index in [4.69, 9.17) is 4.74 Å². The number of esters is 1. The van der Waals surface area contributed by atoms with Crippen LogP contribution in [0.2, 0.25) is 0 Å². The molecule has 0 spiro atoms. The Hall–Kier alpha value is -3.59. The van der Waals surface area contributed by atoms with E-state index in [0.29, 0.717) is 12.3 Å². The first-order chi connectivity index (χ1) is 13.8. The minimum Gasteiger partial charge on any atom is -0.461 e. The van der Waals surface area contributed by atoms with Crippen LogP contribution in [0.15, 0.2) is 91.0 Å². The summed E-state index contributed by atoms with van der Waals surface area (Å²) in [5.41, 5.74) is 6.52. The van der Waals surface area contributed by atoms with Crippen LogP contribution in [0, 0.1) is 0 Å². The lowest BCUT2D eigenvalue weighted by molar-refractivity contribution is 0.0521. The molecule has 4 aromatic rings. The summed E-state index contributed by atoms with van der Waals surface area (Å²) in [6.07, 6.45) is 0. The normalized spacial score (nSPS) is 10.6. The predicted octanol–water partition coefficient (Wildman–Crippen LogP) is 6.19. The number of benzene rings is 3. The molecule has 0 amide bonds. The SMILES string of the molecule is CCOC(=O)c1[nH]c(-c2ccccc2)cc1-c1ccc(-c2ccccc2)cc1. The zero-order chi connectivity index (χ0) is 19.3. The Kier molecular flexibility index (Phi) is 5.07. The molecule has 1 aromatic heterocycles. The van der Waals surface area contributed by atoms with Crippen LogP contribution in [0.5, 0.6) is 0 Å². The molecule has 0 unspecified atom stereocenters. The second kappa shape index (κ2) is 7.97. The standard InChI is InChI=1S/C25H21NO2/c1-2-28-25(27)24-22(17-23(26-24)21-11-7-4-8-12-21)20-15-13-19(14-16-20)18-9-5-3-6-10-18/h3-17,26H,2H2,1H3. The third-order valence-electron chi connectivity index (χ3n) is 4.69. The van der Waals surface area contributed by atoms with Crippen molar-refractivity contribution in [2.45, 2.75) is 6.92 Å². The average Bonchev–Trinajstić information content (AvgIpc) is 3.21. The van der Waals surface area contributed by atoms with E-state index in [1.165, 1.54) is 5.56 Å². The first-order valence-corrected chi connectivity index (χ1v) is 9.37. The van der Waals surface area contributed by atoms with Gasteiger partial charge in [-0.25, -0.2) is 4.79 Å². The molecule has 3 heteroatoms. The highest BCUT2D eigenvalue weighted by Crippen LogP contribution is 2.32. The highest BCUT2D eigenvalue weighted by atomic mass is 16.5. The highest BCUT2D eigenvalue weighted by molar-refractivity contribution is 5.97. The van der Waals surface area contributed by atoms with E-state index in [9.17, 15) is 4.79 Å². The molecule has 0 radical (unpaired) electrons. The summed E-state index contributed by atoms with van der Waals surface area (Å²) in [5.74, 6) is -0.341. The lowest BCUT2D eigenvalue weighted by Crippen LogP contribution is -2.06. The smallest absolute Gasteiger partial charge is 0.355 e. The lowest BCUT2D eigenvalue weighted by atomic mass is 10.00. The molecule has 0 saturated heterocycles. The quantitative estimate of drug-likeness (QED) is 0.427. The molecule has 0 saturated carbocycles. The third kappa shape index (κ3) is 3.60. The molecule has 3 nitrogen and oxygen atoms in total. The summed E-state index contributed by atoms with van der Waals surface area (Å²) in [7, 11) is 0. The summed E-state index contributed by atoms with van der Waals surface area (Å²) in [6.45, 7) is 2.15. The maximum Gasteiger partial charge on any atom is 0.355 e. The zero-order valence-corrected chi connectivity index (χ0v) is 15.7. The van der Waals surface area contributed by atoms with Gasteiger partial charge in [0.05, 0.1) is 6.61 Å². The molecule has 1 N–H and O–H groups in total. The van der Waals surface area contributed by atoms with Crippen LogP contribution in [0.3, 0.4) is 0 Å². The van der Waals surface area contributed by atoms with Crippen molar-refractivity contribution in [1.82, 2.24) is 4.98 Å². The van der Waals surface area contributed by atoms with E-state index >= 15 is 0 Å². The number of ether oxygens (including phenoxy) is 1. The Bertz CT molecular complexity index is 1060. The largest absolute Gasteiger partial charge is 0.461 e. The maximum absolute atomic E-state index is 12.5. The van der Waals surface area contributed by atoms with Crippen molar-refractivity contribution in [3.8, 4) is 33.5 Å². The first-order valence-electron chi connectivity index (χ1n) is 9.37. The molecule has 138 valence electrons. The second-order valence-corrected chi connectivity index (χ2v) is 6.50. The van der Waals surface area contributed by atoms with Crippen LogP contribution in [-0.4, -0.2) is 17.6 Å². The van der Waals surface area contributed by atoms with Crippen LogP contribution >= 0.6 is 0 Å². The van der Waals surface area contributed by atoms with Gasteiger partial charge in [-0.3, -0.25) is 0 Å². The van der Waals surface area contributed by atoms with E-state index in [0.717, 1.165) is 27.9 Å². The Morgan fingerprint density at radius 2 is 1.29 bits per heavy atom. The minimum absolute atomic E-state index is 0.338. The summed E-state index contributed by atoms with van der Waals surface area (Å²) >= 11 is 0. The molecule has 0 atom stereocenters. The molecule has 4 rings (SSSR count). The van der Waals surface area contributed by atoms with E-state index in [1.807, 2.05) is 73.7 Å². The highest BCUT2D eigenvalue weighted by Gasteiger charge is 2.18. The summed E-state index contributed by atoms with van der Waals surface area (Å²) in [6, 6.07) is 30.5. The average molecular weight is 367 g/mol. The number of carbonyl (C=O) groups excluding carboxylic acids is 1. The number of aromatic amines is 1. The first kappa shape index (κ1) is 17.8. The zero-order valence-electron chi connectivity index (χ0n) is 15.7. The molecule has 0 aliphatic heterocycles. The Morgan fingerprint density at radius 3 is 1.89 bits per heavy atom. The molecule has 0 aliphatic carbocycles. The monoisotopic (exact) mass is 367 g/mol. The topological polar surface area (TPSA) is 42.1 Å². The van der Waals surface area contributed by atoms with Crippen LogP contribution in [0.4, 0.5) is 0 Å². The molecule has 0 aliphatic rings. The fourth-order valence-corrected chi connectivity index (χ4v) is 3.29. The summed E-state index contributed by atoms with van der Waals surface area (Å²) in [5, 5.41) is 0. The molecule has 0 fully saturated rings. The van der Waals surface area contributed by atoms with Gasteiger partial charge in [0.15, 0.2) is 0 Å². The summed E-state index contributed by atoms with van der Waals surface area (Å²) < 4.78 is 5.26. The van der Waals surface area contributed by atoms with Crippen LogP contribution in [0.1, 0.15) is 17.4 Å². The number of nitrogens with one attached hydrogen (secondary N) is 1. The Labute approximate surface area is 164 Å². The Morgan fingerprint density at radius 1 is 0.750 bits per heavy atom. The number of rotatable bonds is 5. The van der Waals surface area contributed by atoms with Gasteiger partial charge in [-0.05, 0) is 35.2 Å². The van der Waals surface area contributed by atoms with E-state index in [2.05, 4.69) is 29.2 Å². The lowest BCUT2D eigenvalue weighted by Gasteiger charge is -2.06. The number of carbonyl (C=O) groups is 1. The van der Waals surface area contributed by atoms with Crippen molar-refractivity contribution in [2.75, 3.05) is 6.61 Å². The van der Waals surface area contributed by atoms with E-state index < -0.39 is 0 Å². The fourth-order valence-electron chi connectivity index (χ4n) is 3.29. The summed E-state index contributed by atoms with van der Waals surface area (Å²) in [4.78, 5) is 15.8. The van der Waals surface area contributed by atoms with E-state index in [-0.39, 0.29) is 5.97 Å². The van der Waals surface area contributed by atoms with Crippen molar-refractivity contribution >= 4 is 5.97 Å². The predicted molar refractivity (Wildman–Crippen MR) is 113 cm³/mol. The van der Waals surface area contributed by atoms with Gasteiger partial charge in [0, 0.05) is 11.3 Å². The molecular weight excluding hydrogens is 346 g/mol. The number of aromatic nitrogens is 1. The van der Waals surface area contributed by atoms with Crippen LogP contribution < -0.4 is 0 Å². The van der Waals surface area contributed by atoms with Gasteiger partial charge in [-0.1, -0.05) is 84.9 Å². The second-order valence-electron chi connectivity index (χ2n) is 6.50. The van der Waals surface area contributed by atoms with Crippen molar-refractivity contribution in [1.29, 1.82) is 0 Å². The van der Waals surface area contributed by atoms with Crippen molar-refractivity contribution in [2.24, 2.45) is 0 Å². The van der Waals surface area contributed by atoms with Crippen molar-refractivity contribution in [3.05, 3.63) is 96.7 Å². The molecule has 1 heterocycles. The molecule has 3 aromatic carbocycles. The van der Waals surface area contributed by atoms with Gasteiger partial charge in [0.2, 0.25) is 0 Å². The minimum atomic E-state index is -0.341. The van der Waals surface area contributed by atoms with Gasteiger partial charge >= 0.3 is 5.97 Å². The molecular formula is C25H21NO2. The number of H-pyrrole nitrogens is 1. The van der Waals surface area contributed by atoms with Gasteiger partial charge in [-0.2, -0.15) is 0 Å². The van der Waals surface area contributed by atoms with Gasteiger partial charge in [0.25, 0.3) is 0 Å². The number of hydrogen-bond acceptors (Lipinski definition) is 2. The van der Waals surface area contributed by atoms with Crippen molar-refractivity contribution in [3.63, 3.8) is 0 Å². The third-order valence-corrected chi connectivity index (χ3v) is 4.69. The molecule has 28 heavy (non-hydrogen) atoms. The van der Waals surface area contributed by atoms with Gasteiger partial charge in [-0.15, -0.1) is 0 Å². The molecule has 0 bridgehead atoms. The van der Waals surface area contributed by atoms with Gasteiger partial charge < -0.3 is 9.72 Å². The van der Waals surface area contributed by atoms with E-state index in [1.54, 1.807) is 0 Å². The van der Waals surface area contributed by atoms with Crippen molar-refractivity contribution < 1.29 is 9.53 Å². The van der Waals surface area contributed by atoms with Gasteiger partial charge in [0.1, 0.15) is 5.69 Å². The fraction of sp³-hybridized carbons (Fsp3) is 0.0800. The van der Waals surface area contributed by atoms with Crippen LogP contribution in [0.25, 0.3) is 33.5 Å². The maximum atomic E-state index is 12.5. The Balaban J connectivity index is 1.75.